The molecule has 1 unspecified atom stereocenters. The zero-order valence-corrected chi connectivity index (χ0v) is 21.5. The molecule has 4 rings (SSSR count). The number of non-ortho nitro benzene ring substituents is 1. The number of aryl methyl sites for hydroxylation is 1. The van der Waals surface area contributed by atoms with Gasteiger partial charge in [-0.05, 0) is 42.8 Å². The van der Waals surface area contributed by atoms with Crippen LogP contribution in [0.1, 0.15) is 47.1 Å². The first-order chi connectivity index (χ1) is 18.6. The number of anilines is 1. The van der Waals surface area contributed by atoms with Crippen LogP contribution in [0.2, 0.25) is 0 Å². The van der Waals surface area contributed by atoms with E-state index in [1.807, 2.05) is 19.1 Å². The van der Waals surface area contributed by atoms with Crippen LogP contribution in [0.25, 0.3) is 0 Å². The molecule has 3 aromatic rings. The van der Waals surface area contributed by atoms with E-state index in [4.69, 9.17) is 14.2 Å². The summed E-state index contributed by atoms with van der Waals surface area (Å²) in [4.78, 5) is 47.8. The summed E-state index contributed by atoms with van der Waals surface area (Å²) in [6.45, 7) is 4.24. The van der Waals surface area contributed by atoms with Gasteiger partial charge in [0.05, 0.1) is 23.7 Å². The lowest BCUT2D eigenvalue weighted by molar-refractivity contribution is -0.385. The Bertz CT molecular complexity index is 1500. The number of methoxy groups -OCH3 is 1. The molecule has 39 heavy (non-hydrogen) atoms. The summed E-state index contributed by atoms with van der Waals surface area (Å²) in [5.74, 6) is -1.71. The number of nitrogens with one attached hydrogen (secondary N) is 1. The van der Waals surface area contributed by atoms with E-state index in [1.165, 1.54) is 14.0 Å². The molecule has 12 nitrogen and oxygen atoms in total. The number of hydrazone groups is 1. The molecule has 3 aromatic carbocycles. The van der Waals surface area contributed by atoms with E-state index in [9.17, 15) is 24.5 Å². The molecule has 1 atom stereocenters. The number of rotatable bonds is 7. The summed E-state index contributed by atoms with van der Waals surface area (Å²) in [5.41, 5.74) is 1.98. The maximum atomic E-state index is 12.6. The number of carbonyl (C=O) groups is 3. The minimum atomic E-state index is -1.29. The SMILES string of the molecule is COc1cc([N+](=O)[O-])cc(C2OC(c3ccc(NC(=O)c4ccccc4C)cc3)=NN2C(C)=O)c1OC(C)=O. The number of hydrogen-bond donors (Lipinski definition) is 1. The fraction of sp³-hybridized carbons (Fsp3) is 0.185. The molecule has 0 saturated carbocycles. The molecular formula is C27H24N4O8. The minimum absolute atomic E-state index is 0.00712. The Morgan fingerprint density at radius 2 is 1.77 bits per heavy atom. The topological polar surface area (TPSA) is 150 Å². The van der Waals surface area contributed by atoms with Crippen LogP contribution in [0.3, 0.4) is 0 Å². The summed E-state index contributed by atoms with van der Waals surface area (Å²) >= 11 is 0. The molecule has 1 aliphatic rings. The number of hydrogen-bond acceptors (Lipinski definition) is 9. The molecule has 0 saturated heterocycles. The van der Waals surface area contributed by atoms with Crippen molar-refractivity contribution in [2.45, 2.75) is 27.0 Å². The van der Waals surface area contributed by atoms with Crippen molar-refractivity contribution in [2.24, 2.45) is 5.10 Å². The summed E-state index contributed by atoms with van der Waals surface area (Å²) in [6.07, 6.45) is -1.29. The van der Waals surface area contributed by atoms with Crippen LogP contribution in [0.15, 0.2) is 65.8 Å². The van der Waals surface area contributed by atoms with Gasteiger partial charge in [-0.15, -0.1) is 5.10 Å². The standard InChI is InChI=1S/C27H24N4O8/c1-15-7-5-6-8-21(15)25(34)28-19-11-9-18(10-12-19)26-29-30(16(2)32)27(39-26)22-13-20(31(35)36)14-23(37-4)24(22)38-17(3)33/h5-14,27H,1-4H3,(H,28,34). The third-order valence-corrected chi connectivity index (χ3v) is 5.76. The lowest BCUT2D eigenvalue weighted by Crippen LogP contribution is -2.26. The summed E-state index contributed by atoms with van der Waals surface area (Å²) < 4.78 is 16.5. The number of nitro groups is 1. The van der Waals surface area contributed by atoms with Crippen molar-refractivity contribution in [2.75, 3.05) is 12.4 Å². The van der Waals surface area contributed by atoms with Crippen molar-refractivity contribution in [3.05, 3.63) is 93.0 Å². The molecular weight excluding hydrogens is 508 g/mol. The first-order valence-electron chi connectivity index (χ1n) is 11.7. The Labute approximate surface area is 222 Å². The van der Waals surface area contributed by atoms with Crippen molar-refractivity contribution < 1.29 is 33.5 Å². The van der Waals surface area contributed by atoms with Crippen molar-refractivity contribution in [3.63, 3.8) is 0 Å². The van der Waals surface area contributed by atoms with Crippen molar-refractivity contribution in [3.8, 4) is 11.5 Å². The minimum Gasteiger partial charge on any atom is -0.493 e. The smallest absolute Gasteiger partial charge is 0.308 e. The van der Waals surface area contributed by atoms with Crippen molar-refractivity contribution in [1.29, 1.82) is 0 Å². The van der Waals surface area contributed by atoms with E-state index in [0.717, 1.165) is 29.6 Å². The van der Waals surface area contributed by atoms with Gasteiger partial charge in [0.1, 0.15) is 0 Å². The fourth-order valence-corrected chi connectivity index (χ4v) is 3.91. The van der Waals surface area contributed by atoms with Crippen LogP contribution in [0, 0.1) is 17.0 Å². The Morgan fingerprint density at radius 3 is 2.36 bits per heavy atom. The second-order valence-corrected chi connectivity index (χ2v) is 8.50. The number of ether oxygens (including phenoxy) is 3. The number of nitro benzene ring substituents is 1. The van der Waals surface area contributed by atoms with Gasteiger partial charge in [0.15, 0.2) is 11.5 Å². The van der Waals surface area contributed by atoms with Gasteiger partial charge in [-0.3, -0.25) is 24.5 Å². The zero-order valence-electron chi connectivity index (χ0n) is 21.5. The van der Waals surface area contributed by atoms with Gasteiger partial charge in [0, 0.05) is 36.7 Å². The fourth-order valence-electron chi connectivity index (χ4n) is 3.91. The molecule has 1 heterocycles. The van der Waals surface area contributed by atoms with E-state index in [-0.39, 0.29) is 34.6 Å². The van der Waals surface area contributed by atoms with Gasteiger partial charge >= 0.3 is 5.97 Å². The molecule has 1 aliphatic heterocycles. The first-order valence-corrected chi connectivity index (χ1v) is 11.7. The highest BCUT2D eigenvalue weighted by atomic mass is 16.6. The van der Waals surface area contributed by atoms with E-state index >= 15 is 0 Å². The maximum absolute atomic E-state index is 12.6. The first kappa shape index (κ1) is 26.8. The van der Waals surface area contributed by atoms with Gasteiger partial charge < -0.3 is 19.5 Å². The summed E-state index contributed by atoms with van der Waals surface area (Å²) in [7, 11) is 1.26. The predicted molar refractivity (Wildman–Crippen MR) is 139 cm³/mol. The highest BCUT2D eigenvalue weighted by Crippen LogP contribution is 2.43. The molecule has 12 heteroatoms. The molecule has 0 aromatic heterocycles. The Hall–Kier alpha value is -5.26. The number of esters is 1. The quantitative estimate of drug-likeness (QED) is 0.204. The molecule has 200 valence electrons. The summed E-state index contributed by atoms with van der Waals surface area (Å²) in [5, 5.41) is 19.6. The van der Waals surface area contributed by atoms with Crippen molar-refractivity contribution >= 4 is 35.1 Å². The second-order valence-electron chi connectivity index (χ2n) is 8.50. The highest BCUT2D eigenvalue weighted by Gasteiger charge is 2.38. The lowest BCUT2D eigenvalue weighted by Gasteiger charge is -2.22. The van der Waals surface area contributed by atoms with Crippen LogP contribution < -0.4 is 14.8 Å². The third kappa shape index (κ3) is 5.69. The molecule has 0 radical (unpaired) electrons. The molecule has 0 aliphatic carbocycles. The average molecular weight is 533 g/mol. The Balaban J connectivity index is 1.64. The van der Waals surface area contributed by atoms with Gasteiger partial charge in [-0.2, -0.15) is 5.01 Å². The monoisotopic (exact) mass is 532 g/mol. The van der Waals surface area contributed by atoms with Gasteiger partial charge in [0.2, 0.25) is 18.0 Å². The number of carbonyl (C=O) groups excluding carboxylic acids is 3. The molecule has 0 spiro atoms. The zero-order chi connectivity index (χ0) is 28.3. The second kappa shape index (κ2) is 11.0. The molecule has 0 bridgehead atoms. The van der Waals surface area contributed by atoms with Crippen molar-refractivity contribution in [1.82, 2.24) is 5.01 Å². The lowest BCUT2D eigenvalue weighted by atomic mass is 10.1. The van der Waals surface area contributed by atoms with Crippen LogP contribution in [-0.2, 0) is 14.3 Å². The molecule has 0 fully saturated rings. The molecule has 2 amide bonds. The van der Waals surface area contributed by atoms with Gasteiger partial charge in [-0.25, -0.2) is 0 Å². The Morgan fingerprint density at radius 1 is 1.08 bits per heavy atom. The van der Waals surface area contributed by atoms with Crippen LogP contribution >= 0.6 is 0 Å². The third-order valence-electron chi connectivity index (χ3n) is 5.76. The highest BCUT2D eigenvalue weighted by molar-refractivity contribution is 6.05. The Kier molecular flexibility index (Phi) is 7.56. The van der Waals surface area contributed by atoms with E-state index < -0.39 is 23.0 Å². The van der Waals surface area contributed by atoms with Crippen LogP contribution in [0.5, 0.6) is 11.5 Å². The molecule has 1 N–H and O–H groups in total. The number of amides is 2. The normalized spacial score (nSPS) is 14.2. The van der Waals surface area contributed by atoms with Gasteiger partial charge in [-0.1, -0.05) is 18.2 Å². The predicted octanol–water partition coefficient (Wildman–Crippen LogP) is 4.33. The maximum Gasteiger partial charge on any atom is 0.308 e. The summed E-state index contributed by atoms with van der Waals surface area (Å²) in [6, 6.07) is 16.0. The van der Waals surface area contributed by atoms with E-state index in [1.54, 1.807) is 36.4 Å². The van der Waals surface area contributed by atoms with Crippen LogP contribution in [0.4, 0.5) is 11.4 Å². The average Bonchev–Trinajstić information content (AvgIpc) is 3.34. The number of nitrogens with zero attached hydrogens (tertiary/aromatic N) is 3. The van der Waals surface area contributed by atoms with E-state index in [2.05, 4.69) is 10.4 Å². The van der Waals surface area contributed by atoms with E-state index in [0.29, 0.717) is 16.8 Å². The largest absolute Gasteiger partial charge is 0.493 e. The van der Waals surface area contributed by atoms with Gasteiger partial charge in [0.25, 0.3) is 11.6 Å². The van der Waals surface area contributed by atoms with Crippen LogP contribution in [-0.4, -0.2) is 40.7 Å². The number of benzene rings is 3.